The average Bonchev–Trinajstić information content (AvgIpc) is 2.71. The number of benzene rings is 2. The Hall–Kier alpha value is -3.49. The van der Waals surface area contributed by atoms with Gasteiger partial charge in [0.2, 0.25) is 5.75 Å². The molecule has 0 aliphatic heterocycles. The Morgan fingerprint density at radius 2 is 1.54 bits per heavy atom. The maximum atomic E-state index is 12.8. The van der Waals surface area contributed by atoms with Crippen molar-refractivity contribution in [1.29, 1.82) is 0 Å². The maximum absolute atomic E-state index is 12.8. The third kappa shape index (κ3) is 5.76. The molecule has 0 saturated carbocycles. The summed E-state index contributed by atoms with van der Waals surface area (Å²) in [4.78, 5) is 23.7. The summed E-state index contributed by atoms with van der Waals surface area (Å²) >= 11 is 0. The second-order valence-electron chi connectivity index (χ2n) is 5.37. The number of hydrogen-bond acceptors (Lipinski definition) is 7. The van der Waals surface area contributed by atoms with Crippen molar-refractivity contribution >= 4 is 17.6 Å². The van der Waals surface area contributed by atoms with Gasteiger partial charge >= 0.3 is 5.97 Å². The molecule has 0 saturated heterocycles. The van der Waals surface area contributed by atoms with Gasteiger partial charge in [0.15, 0.2) is 24.7 Å². The predicted molar refractivity (Wildman–Crippen MR) is 97.6 cm³/mol. The quantitative estimate of drug-likeness (QED) is 0.654. The topological polar surface area (TPSA) is 92.3 Å². The number of hydrogen-bond donors (Lipinski definition) is 1. The van der Waals surface area contributed by atoms with Crippen LogP contribution in [0.15, 0.2) is 36.4 Å². The van der Waals surface area contributed by atoms with Gasteiger partial charge in [-0.3, -0.25) is 4.79 Å². The lowest BCUT2D eigenvalue weighted by atomic mass is 10.2. The Balaban J connectivity index is 1.86. The van der Waals surface area contributed by atoms with Crippen LogP contribution in [-0.2, 0) is 14.3 Å². The number of amides is 1. The minimum atomic E-state index is -0.746. The lowest BCUT2D eigenvalue weighted by Crippen LogP contribution is -2.23. The first kappa shape index (κ1) is 20.8. The molecular formula is C19H20FNO7. The first-order valence-corrected chi connectivity index (χ1v) is 8.10. The predicted octanol–water partition coefficient (Wildman–Crippen LogP) is 2.41. The van der Waals surface area contributed by atoms with Gasteiger partial charge in [-0.2, -0.15) is 0 Å². The van der Waals surface area contributed by atoms with Crippen LogP contribution in [0.25, 0.3) is 0 Å². The van der Waals surface area contributed by atoms with Crippen molar-refractivity contribution in [3.63, 3.8) is 0 Å². The van der Waals surface area contributed by atoms with Crippen LogP contribution in [0.1, 0.15) is 0 Å². The fourth-order valence-electron chi connectivity index (χ4n) is 2.21. The molecule has 28 heavy (non-hydrogen) atoms. The number of carbonyl (C=O) groups is 2. The molecular weight excluding hydrogens is 373 g/mol. The van der Waals surface area contributed by atoms with Gasteiger partial charge in [-0.15, -0.1) is 0 Å². The number of anilines is 1. The van der Waals surface area contributed by atoms with Crippen molar-refractivity contribution in [3.05, 3.63) is 42.2 Å². The molecule has 8 nitrogen and oxygen atoms in total. The highest BCUT2D eigenvalue weighted by Gasteiger charge is 2.15. The Kier molecular flexibility index (Phi) is 7.44. The largest absolute Gasteiger partial charge is 0.493 e. The lowest BCUT2D eigenvalue weighted by Gasteiger charge is -2.14. The third-order valence-corrected chi connectivity index (χ3v) is 3.48. The first-order valence-electron chi connectivity index (χ1n) is 8.10. The summed E-state index contributed by atoms with van der Waals surface area (Å²) in [6, 6.07) is 8.23. The molecule has 0 fully saturated rings. The Labute approximate surface area is 161 Å². The van der Waals surface area contributed by atoms with Gasteiger partial charge in [-0.05, 0) is 24.3 Å². The first-order chi connectivity index (χ1) is 13.5. The van der Waals surface area contributed by atoms with Crippen molar-refractivity contribution in [1.82, 2.24) is 0 Å². The summed E-state index contributed by atoms with van der Waals surface area (Å²) in [6.45, 7) is -0.925. The standard InChI is InChI=1S/C19H20FNO7/c1-24-15-8-13(9-16(25-2)19(15)26-3)21-17(22)10-28-18(23)11-27-14-6-4-12(20)5-7-14/h4-9H,10-11H2,1-3H3,(H,21,22). The molecule has 1 N–H and O–H groups in total. The summed E-state index contributed by atoms with van der Waals surface area (Å²) < 4.78 is 38.4. The summed E-state index contributed by atoms with van der Waals surface area (Å²) in [6.07, 6.45) is 0. The van der Waals surface area contributed by atoms with E-state index >= 15 is 0 Å². The normalized spacial score (nSPS) is 10.0. The van der Waals surface area contributed by atoms with E-state index in [0.29, 0.717) is 28.7 Å². The monoisotopic (exact) mass is 393 g/mol. The van der Waals surface area contributed by atoms with Crippen LogP contribution in [0, 0.1) is 5.82 Å². The van der Waals surface area contributed by atoms with Crippen LogP contribution in [0.5, 0.6) is 23.0 Å². The highest BCUT2D eigenvalue weighted by atomic mass is 19.1. The van der Waals surface area contributed by atoms with E-state index in [-0.39, 0.29) is 0 Å². The van der Waals surface area contributed by atoms with E-state index in [4.69, 9.17) is 23.7 Å². The zero-order chi connectivity index (χ0) is 20.5. The molecule has 150 valence electrons. The Morgan fingerprint density at radius 3 is 2.07 bits per heavy atom. The number of rotatable bonds is 9. The molecule has 2 aromatic rings. The molecule has 0 atom stereocenters. The number of methoxy groups -OCH3 is 3. The van der Waals surface area contributed by atoms with Crippen LogP contribution in [0.4, 0.5) is 10.1 Å². The zero-order valence-electron chi connectivity index (χ0n) is 15.6. The molecule has 0 aliphatic rings. The second kappa shape index (κ2) is 10.0. The molecule has 0 aromatic heterocycles. The van der Waals surface area contributed by atoms with Gasteiger partial charge in [-0.1, -0.05) is 0 Å². The molecule has 2 aromatic carbocycles. The number of nitrogens with one attached hydrogen (secondary N) is 1. The third-order valence-electron chi connectivity index (χ3n) is 3.48. The number of esters is 1. The number of ether oxygens (including phenoxy) is 5. The molecule has 0 spiro atoms. The van der Waals surface area contributed by atoms with Crippen molar-refractivity contribution < 1.29 is 37.7 Å². The van der Waals surface area contributed by atoms with Crippen LogP contribution in [0.2, 0.25) is 0 Å². The number of carbonyl (C=O) groups excluding carboxylic acids is 2. The van der Waals surface area contributed by atoms with Gasteiger partial charge in [-0.25, -0.2) is 9.18 Å². The molecule has 0 bridgehead atoms. The van der Waals surface area contributed by atoms with E-state index in [2.05, 4.69) is 5.32 Å². The zero-order valence-corrected chi connectivity index (χ0v) is 15.6. The van der Waals surface area contributed by atoms with E-state index in [1.165, 1.54) is 45.6 Å². The van der Waals surface area contributed by atoms with Crippen LogP contribution in [-0.4, -0.2) is 46.4 Å². The van der Waals surface area contributed by atoms with Crippen molar-refractivity contribution in [2.24, 2.45) is 0 Å². The van der Waals surface area contributed by atoms with Gasteiger partial charge < -0.3 is 29.0 Å². The fourth-order valence-corrected chi connectivity index (χ4v) is 2.21. The second-order valence-corrected chi connectivity index (χ2v) is 5.37. The van der Waals surface area contributed by atoms with Crippen LogP contribution >= 0.6 is 0 Å². The minimum Gasteiger partial charge on any atom is -0.493 e. The molecule has 0 unspecified atom stereocenters. The minimum absolute atomic E-state index is 0.306. The van der Waals surface area contributed by atoms with E-state index < -0.39 is 30.9 Å². The number of halogens is 1. The molecule has 1 amide bonds. The maximum Gasteiger partial charge on any atom is 0.344 e. The average molecular weight is 393 g/mol. The Bertz CT molecular complexity index is 799. The van der Waals surface area contributed by atoms with Crippen LogP contribution < -0.4 is 24.3 Å². The Morgan fingerprint density at radius 1 is 0.929 bits per heavy atom. The molecule has 0 aliphatic carbocycles. The van der Waals surface area contributed by atoms with E-state index in [1.807, 2.05) is 0 Å². The molecule has 9 heteroatoms. The van der Waals surface area contributed by atoms with Crippen LogP contribution in [0.3, 0.4) is 0 Å². The summed E-state index contributed by atoms with van der Waals surface area (Å²) in [7, 11) is 4.36. The summed E-state index contributed by atoms with van der Waals surface area (Å²) in [5, 5.41) is 2.56. The highest BCUT2D eigenvalue weighted by molar-refractivity contribution is 5.93. The summed E-state index contributed by atoms with van der Waals surface area (Å²) in [5.74, 6) is -0.316. The smallest absolute Gasteiger partial charge is 0.344 e. The highest BCUT2D eigenvalue weighted by Crippen LogP contribution is 2.39. The van der Waals surface area contributed by atoms with E-state index in [0.717, 1.165) is 0 Å². The van der Waals surface area contributed by atoms with E-state index in [9.17, 15) is 14.0 Å². The molecule has 0 radical (unpaired) electrons. The SMILES string of the molecule is COc1cc(NC(=O)COC(=O)COc2ccc(F)cc2)cc(OC)c1OC. The van der Waals surface area contributed by atoms with Gasteiger partial charge in [0, 0.05) is 17.8 Å². The van der Waals surface area contributed by atoms with Gasteiger partial charge in [0.05, 0.1) is 21.3 Å². The van der Waals surface area contributed by atoms with Crippen molar-refractivity contribution in [2.45, 2.75) is 0 Å². The van der Waals surface area contributed by atoms with Gasteiger partial charge in [0.1, 0.15) is 11.6 Å². The lowest BCUT2D eigenvalue weighted by molar-refractivity contribution is -0.149. The summed E-state index contributed by atoms with van der Waals surface area (Å²) in [5.41, 5.74) is 0.373. The van der Waals surface area contributed by atoms with E-state index in [1.54, 1.807) is 12.1 Å². The van der Waals surface area contributed by atoms with Gasteiger partial charge in [0.25, 0.3) is 5.91 Å². The fraction of sp³-hybridized carbons (Fsp3) is 0.263. The molecule has 0 heterocycles. The van der Waals surface area contributed by atoms with Crippen molar-refractivity contribution in [2.75, 3.05) is 39.9 Å². The molecule has 2 rings (SSSR count). The van der Waals surface area contributed by atoms with Crippen molar-refractivity contribution in [3.8, 4) is 23.0 Å².